The van der Waals surface area contributed by atoms with E-state index >= 15 is 0 Å². The van der Waals surface area contributed by atoms with Crippen molar-refractivity contribution in [2.24, 2.45) is 0 Å². The summed E-state index contributed by atoms with van der Waals surface area (Å²) in [6, 6.07) is 8.20. The number of pyridine rings is 1. The summed E-state index contributed by atoms with van der Waals surface area (Å²) >= 11 is 0. The van der Waals surface area contributed by atoms with Crippen molar-refractivity contribution >= 4 is 10.9 Å². The number of benzene rings is 1. The Bertz CT molecular complexity index is 491. The third-order valence-corrected chi connectivity index (χ3v) is 2.62. The van der Waals surface area contributed by atoms with Crippen LogP contribution >= 0.6 is 0 Å². The van der Waals surface area contributed by atoms with Gasteiger partial charge in [-0.25, -0.2) is 4.98 Å². The number of aromatic nitrogens is 1. The zero-order valence-electron chi connectivity index (χ0n) is 9.37. The Balaban J connectivity index is 2.82. The number of hydrogen-bond donors (Lipinski definition) is 0. The molecule has 78 valence electrons. The summed E-state index contributed by atoms with van der Waals surface area (Å²) in [6.45, 7) is 4.18. The van der Waals surface area contributed by atoms with E-state index in [1.165, 1.54) is 10.9 Å². The molecule has 0 saturated heterocycles. The molecule has 0 N–H and O–H groups in total. The van der Waals surface area contributed by atoms with E-state index in [4.69, 9.17) is 4.74 Å². The van der Waals surface area contributed by atoms with Crippen LogP contribution in [-0.4, -0.2) is 12.1 Å². The zero-order valence-corrected chi connectivity index (χ0v) is 9.37. The first-order valence-electron chi connectivity index (χ1n) is 5.19. The normalized spacial score (nSPS) is 10.6. The molecule has 2 nitrogen and oxygen atoms in total. The highest BCUT2D eigenvalue weighted by Gasteiger charge is 2.06. The second kappa shape index (κ2) is 3.89. The quantitative estimate of drug-likeness (QED) is 0.744. The highest BCUT2D eigenvalue weighted by Crippen LogP contribution is 2.26. The molecule has 15 heavy (non-hydrogen) atoms. The van der Waals surface area contributed by atoms with E-state index in [0.29, 0.717) is 0 Å². The smallest absolute Gasteiger partial charge is 0.145 e. The maximum Gasteiger partial charge on any atom is 0.145 e. The molecular formula is C13H15NO. The molecule has 2 rings (SSSR count). The monoisotopic (exact) mass is 201 g/mol. The third-order valence-electron chi connectivity index (χ3n) is 2.62. The summed E-state index contributed by atoms with van der Waals surface area (Å²) in [5.74, 6) is 0.853. The van der Waals surface area contributed by atoms with Gasteiger partial charge in [0, 0.05) is 11.1 Å². The van der Waals surface area contributed by atoms with Crippen LogP contribution in [0.5, 0.6) is 5.75 Å². The predicted octanol–water partition coefficient (Wildman–Crippen LogP) is 3.11. The summed E-state index contributed by atoms with van der Waals surface area (Å²) < 4.78 is 5.32. The van der Waals surface area contributed by atoms with Crippen LogP contribution < -0.4 is 4.74 Å². The van der Waals surface area contributed by atoms with Gasteiger partial charge in [0.25, 0.3) is 0 Å². The van der Waals surface area contributed by atoms with Crippen LogP contribution in [0.4, 0.5) is 0 Å². The van der Waals surface area contributed by atoms with Gasteiger partial charge in [-0.2, -0.15) is 0 Å². The lowest BCUT2D eigenvalue weighted by atomic mass is 10.1. The van der Waals surface area contributed by atoms with Crippen molar-refractivity contribution in [2.75, 3.05) is 7.11 Å². The lowest BCUT2D eigenvalue weighted by Gasteiger charge is -2.08. The average molecular weight is 201 g/mol. The molecule has 0 radical (unpaired) electrons. The number of nitrogens with zero attached hydrogens (tertiary/aromatic N) is 1. The van der Waals surface area contributed by atoms with Gasteiger partial charge in [0.2, 0.25) is 0 Å². The van der Waals surface area contributed by atoms with Crippen LogP contribution in [0.2, 0.25) is 0 Å². The molecular weight excluding hydrogens is 186 g/mol. The van der Waals surface area contributed by atoms with Crippen LogP contribution in [0.15, 0.2) is 24.3 Å². The second-order valence-corrected chi connectivity index (χ2v) is 3.63. The Morgan fingerprint density at radius 1 is 1.33 bits per heavy atom. The van der Waals surface area contributed by atoms with Crippen LogP contribution in [0, 0.1) is 6.92 Å². The minimum Gasteiger partial charge on any atom is -0.494 e. The Hall–Kier alpha value is -1.57. The molecule has 0 spiro atoms. The molecule has 2 aromatic rings. The number of para-hydroxylation sites is 1. The maximum absolute atomic E-state index is 5.32. The van der Waals surface area contributed by atoms with Crippen molar-refractivity contribution < 1.29 is 4.74 Å². The van der Waals surface area contributed by atoms with E-state index < -0.39 is 0 Å². The molecule has 0 aliphatic carbocycles. The van der Waals surface area contributed by atoms with Crippen molar-refractivity contribution in [3.8, 4) is 5.75 Å². The van der Waals surface area contributed by atoms with Gasteiger partial charge in [-0.1, -0.05) is 19.1 Å². The zero-order chi connectivity index (χ0) is 10.8. The number of rotatable bonds is 2. The van der Waals surface area contributed by atoms with Gasteiger partial charge in [-0.05, 0) is 31.0 Å². The van der Waals surface area contributed by atoms with E-state index in [-0.39, 0.29) is 0 Å². The molecule has 2 heteroatoms. The highest BCUT2D eigenvalue weighted by atomic mass is 16.5. The fourth-order valence-corrected chi connectivity index (χ4v) is 1.89. The summed E-state index contributed by atoms with van der Waals surface area (Å²) in [7, 11) is 1.68. The summed E-state index contributed by atoms with van der Waals surface area (Å²) in [4.78, 5) is 4.53. The maximum atomic E-state index is 5.32. The number of methoxy groups -OCH3 is 1. The number of aryl methyl sites for hydroxylation is 2. The summed E-state index contributed by atoms with van der Waals surface area (Å²) in [6.07, 6.45) is 1.02. The molecule has 0 atom stereocenters. The largest absolute Gasteiger partial charge is 0.494 e. The van der Waals surface area contributed by atoms with Gasteiger partial charge in [0.1, 0.15) is 11.3 Å². The first kappa shape index (κ1) is 9.97. The summed E-state index contributed by atoms with van der Waals surface area (Å²) in [5, 5.41) is 1.20. The Kier molecular flexibility index (Phi) is 2.58. The molecule has 0 amide bonds. The number of ether oxygens (including phenoxy) is 1. The second-order valence-electron chi connectivity index (χ2n) is 3.63. The molecule has 1 aromatic heterocycles. The first-order valence-corrected chi connectivity index (χ1v) is 5.19. The van der Waals surface area contributed by atoms with E-state index in [2.05, 4.69) is 24.0 Å². The predicted molar refractivity (Wildman–Crippen MR) is 62.4 cm³/mol. The molecule has 1 aromatic carbocycles. The van der Waals surface area contributed by atoms with Crippen LogP contribution in [0.25, 0.3) is 10.9 Å². The summed E-state index contributed by atoms with van der Waals surface area (Å²) in [5.41, 5.74) is 3.34. The topological polar surface area (TPSA) is 22.1 Å². The molecule has 0 aliphatic rings. The molecule has 1 heterocycles. The van der Waals surface area contributed by atoms with Crippen molar-refractivity contribution in [1.29, 1.82) is 0 Å². The molecule has 0 aliphatic heterocycles. The fourth-order valence-electron chi connectivity index (χ4n) is 1.89. The molecule has 0 fully saturated rings. The minimum absolute atomic E-state index is 0.853. The van der Waals surface area contributed by atoms with Crippen molar-refractivity contribution in [1.82, 2.24) is 4.98 Å². The van der Waals surface area contributed by atoms with Crippen LogP contribution in [0.3, 0.4) is 0 Å². The fraction of sp³-hybridized carbons (Fsp3) is 0.308. The Morgan fingerprint density at radius 3 is 2.80 bits per heavy atom. The van der Waals surface area contributed by atoms with E-state index in [1.54, 1.807) is 7.11 Å². The third kappa shape index (κ3) is 1.67. The Labute approximate surface area is 89.9 Å². The average Bonchev–Trinajstić information content (AvgIpc) is 2.27. The van der Waals surface area contributed by atoms with Gasteiger partial charge < -0.3 is 4.74 Å². The first-order chi connectivity index (χ1) is 7.26. The lowest BCUT2D eigenvalue weighted by molar-refractivity contribution is 0.419. The Morgan fingerprint density at radius 2 is 2.13 bits per heavy atom. The van der Waals surface area contributed by atoms with Crippen molar-refractivity contribution in [2.45, 2.75) is 20.3 Å². The van der Waals surface area contributed by atoms with Gasteiger partial charge in [0.15, 0.2) is 0 Å². The molecule has 0 saturated carbocycles. The van der Waals surface area contributed by atoms with E-state index in [9.17, 15) is 0 Å². The van der Waals surface area contributed by atoms with Gasteiger partial charge in [-0.15, -0.1) is 0 Å². The van der Waals surface area contributed by atoms with Gasteiger partial charge in [-0.3, -0.25) is 0 Å². The molecule has 0 bridgehead atoms. The van der Waals surface area contributed by atoms with Gasteiger partial charge in [0.05, 0.1) is 7.11 Å². The highest BCUT2D eigenvalue weighted by molar-refractivity contribution is 5.87. The van der Waals surface area contributed by atoms with E-state index in [1.807, 2.05) is 19.1 Å². The number of hydrogen-bond acceptors (Lipinski definition) is 2. The van der Waals surface area contributed by atoms with Crippen molar-refractivity contribution in [3.63, 3.8) is 0 Å². The van der Waals surface area contributed by atoms with Gasteiger partial charge >= 0.3 is 0 Å². The molecule has 0 unspecified atom stereocenters. The number of fused-ring (bicyclic) bond motifs is 1. The van der Waals surface area contributed by atoms with Crippen LogP contribution in [0.1, 0.15) is 18.2 Å². The van der Waals surface area contributed by atoms with Crippen LogP contribution in [-0.2, 0) is 6.42 Å². The lowest BCUT2D eigenvalue weighted by Crippen LogP contribution is -1.93. The minimum atomic E-state index is 0.853. The van der Waals surface area contributed by atoms with Crippen molar-refractivity contribution in [3.05, 3.63) is 35.5 Å². The SMILES string of the molecule is CCc1cc(C)nc2c(OC)cccc12. The van der Waals surface area contributed by atoms with E-state index in [0.717, 1.165) is 23.4 Å². The standard InChI is InChI=1S/C13H15NO/c1-4-10-8-9(2)14-13-11(10)6-5-7-12(13)15-3/h5-8H,4H2,1-3H3.